The molecule has 6 nitrogen and oxygen atoms in total. The summed E-state index contributed by atoms with van der Waals surface area (Å²) >= 11 is 7.27. The van der Waals surface area contributed by atoms with Crippen molar-refractivity contribution in [2.45, 2.75) is 30.1 Å². The fourth-order valence-corrected chi connectivity index (χ4v) is 3.59. The number of benzene rings is 2. The van der Waals surface area contributed by atoms with Gasteiger partial charge in [0.1, 0.15) is 5.82 Å². The number of nitrogens with one attached hydrogen (secondary N) is 2. The molecule has 0 saturated carbocycles. The summed E-state index contributed by atoms with van der Waals surface area (Å²) in [5.41, 5.74) is 0.935. The molecule has 0 saturated heterocycles. The van der Waals surface area contributed by atoms with Crippen molar-refractivity contribution in [1.82, 2.24) is 0 Å². The summed E-state index contributed by atoms with van der Waals surface area (Å²) in [4.78, 5) is 37.2. The molecule has 0 spiro atoms. The van der Waals surface area contributed by atoms with Gasteiger partial charge in [0.15, 0.2) is 6.10 Å². The maximum atomic E-state index is 13.1. The number of esters is 1. The normalized spacial score (nSPS) is 16.6. The van der Waals surface area contributed by atoms with E-state index in [0.717, 1.165) is 17.0 Å². The molecule has 2 aromatic carbocycles. The predicted molar refractivity (Wildman–Crippen MR) is 105 cm³/mol. The van der Waals surface area contributed by atoms with E-state index in [9.17, 15) is 18.8 Å². The Bertz CT molecular complexity index is 969. The van der Waals surface area contributed by atoms with Crippen LogP contribution >= 0.6 is 23.4 Å². The topological polar surface area (TPSA) is 84.5 Å². The van der Waals surface area contributed by atoms with Crippen molar-refractivity contribution in [3.8, 4) is 0 Å². The molecule has 9 heteroatoms. The smallest absolute Gasteiger partial charge is 0.338 e. The molecule has 0 aliphatic carbocycles. The number of carbonyl (C=O) groups excluding carboxylic acids is 3. The first-order valence-corrected chi connectivity index (χ1v) is 9.59. The Morgan fingerprint density at radius 1 is 1.29 bits per heavy atom. The highest BCUT2D eigenvalue weighted by Crippen LogP contribution is 2.36. The van der Waals surface area contributed by atoms with Gasteiger partial charge in [-0.1, -0.05) is 11.6 Å². The highest BCUT2D eigenvalue weighted by atomic mass is 35.5. The molecule has 2 amide bonds. The van der Waals surface area contributed by atoms with Crippen molar-refractivity contribution in [1.29, 1.82) is 0 Å². The molecule has 28 heavy (non-hydrogen) atoms. The molecular weight excluding hydrogens is 407 g/mol. The van der Waals surface area contributed by atoms with Crippen LogP contribution in [0, 0.1) is 5.82 Å². The number of ether oxygens (including phenoxy) is 1. The third-order valence-corrected chi connectivity index (χ3v) is 5.48. The number of amides is 2. The van der Waals surface area contributed by atoms with Gasteiger partial charge in [0.2, 0.25) is 5.91 Å². The average Bonchev–Trinajstić information content (AvgIpc) is 2.64. The fraction of sp³-hybridized carbons (Fsp3) is 0.211. The van der Waals surface area contributed by atoms with Crippen LogP contribution in [0.3, 0.4) is 0 Å². The van der Waals surface area contributed by atoms with E-state index in [2.05, 4.69) is 10.6 Å². The number of carbonyl (C=O) groups is 3. The molecule has 2 N–H and O–H groups in total. The lowest BCUT2D eigenvalue weighted by Crippen LogP contribution is -2.30. The molecule has 2 unspecified atom stereocenters. The van der Waals surface area contributed by atoms with Crippen LogP contribution in [0.5, 0.6) is 0 Å². The van der Waals surface area contributed by atoms with E-state index in [-0.39, 0.29) is 27.4 Å². The monoisotopic (exact) mass is 422 g/mol. The Hall–Kier alpha value is -2.58. The molecule has 1 aliphatic rings. The second-order valence-electron chi connectivity index (χ2n) is 6.12. The third kappa shape index (κ3) is 4.45. The second kappa shape index (κ2) is 8.20. The summed E-state index contributed by atoms with van der Waals surface area (Å²) in [5.74, 6) is -2.01. The predicted octanol–water partition coefficient (Wildman–Crippen LogP) is 4.10. The number of anilines is 2. The van der Waals surface area contributed by atoms with Crippen molar-refractivity contribution in [2.75, 3.05) is 10.6 Å². The van der Waals surface area contributed by atoms with Crippen molar-refractivity contribution >= 4 is 52.5 Å². The molecule has 1 heterocycles. The van der Waals surface area contributed by atoms with Crippen LogP contribution < -0.4 is 10.6 Å². The molecule has 1 aliphatic heterocycles. The molecule has 2 aromatic rings. The highest BCUT2D eigenvalue weighted by molar-refractivity contribution is 8.00. The first kappa shape index (κ1) is 20.2. The van der Waals surface area contributed by atoms with E-state index in [1.807, 2.05) is 0 Å². The number of hydrogen-bond acceptors (Lipinski definition) is 5. The number of rotatable bonds is 4. The van der Waals surface area contributed by atoms with E-state index in [0.29, 0.717) is 5.69 Å². The standard InChI is InChI=1S/C19H16ClFN2O4S/c1-9(17(24)22-14-5-4-12(21)8-13(14)20)27-19(26)11-3-6-16-15(7-11)23-18(25)10(2)28-16/h3-10H,1-2H3,(H,22,24)(H,23,25). The first-order valence-electron chi connectivity index (χ1n) is 8.33. The van der Waals surface area contributed by atoms with Crippen LogP contribution in [0.4, 0.5) is 15.8 Å². The summed E-state index contributed by atoms with van der Waals surface area (Å²) in [6.07, 6.45) is -1.12. The maximum Gasteiger partial charge on any atom is 0.338 e. The van der Waals surface area contributed by atoms with Crippen molar-refractivity contribution in [3.63, 3.8) is 0 Å². The number of halogens is 2. The van der Waals surface area contributed by atoms with Gasteiger partial charge in [-0.25, -0.2) is 9.18 Å². The Balaban J connectivity index is 1.66. The van der Waals surface area contributed by atoms with Crippen LogP contribution in [0.25, 0.3) is 0 Å². The van der Waals surface area contributed by atoms with Gasteiger partial charge in [0, 0.05) is 4.90 Å². The Morgan fingerprint density at radius 2 is 2.04 bits per heavy atom. The van der Waals surface area contributed by atoms with Crippen LogP contribution in [0.1, 0.15) is 24.2 Å². The van der Waals surface area contributed by atoms with Gasteiger partial charge < -0.3 is 15.4 Å². The van der Waals surface area contributed by atoms with E-state index in [1.54, 1.807) is 19.1 Å². The Kier molecular flexibility index (Phi) is 5.90. The largest absolute Gasteiger partial charge is 0.449 e. The SMILES string of the molecule is CC(OC(=O)c1ccc2c(c1)NC(=O)C(C)S2)C(=O)Nc1ccc(F)cc1Cl. The summed E-state index contributed by atoms with van der Waals surface area (Å²) in [5, 5.41) is 5.03. The zero-order valence-electron chi connectivity index (χ0n) is 14.9. The van der Waals surface area contributed by atoms with E-state index < -0.39 is 23.8 Å². The average molecular weight is 423 g/mol. The molecule has 146 valence electrons. The van der Waals surface area contributed by atoms with Crippen LogP contribution in [-0.4, -0.2) is 29.1 Å². The molecule has 0 bridgehead atoms. The minimum Gasteiger partial charge on any atom is -0.449 e. The lowest BCUT2D eigenvalue weighted by Gasteiger charge is -2.22. The molecular formula is C19H16ClFN2O4S. The number of hydrogen-bond donors (Lipinski definition) is 2. The lowest BCUT2D eigenvalue weighted by atomic mass is 10.2. The van der Waals surface area contributed by atoms with Crippen molar-refractivity contribution in [2.24, 2.45) is 0 Å². The molecule has 0 radical (unpaired) electrons. The summed E-state index contributed by atoms with van der Waals surface area (Å²) < 4.78 is 18.3. The molecule has 0 aromatic heterocycles. The zero-order chi connectivity index (χ0) is 20.4. The summed E-state index contributed by atoms with van der Waals surface area (Å²) in [6, 6.07) is 8.33. The summed E-state index contributed by atoms with van der Waals surface area (Å²) in [6.45, 7) is 3.20. The van der Waals surface area contributed by atoms with Gasteiger partial charge in [-0.2, -0.15) is 0 Å². The first-order chi connectivity index (χ1) is 13.2. The third-order valence-electron chi connectivity index (χ3n) is 3.99. The van der Waals surface area contributed by atoms with Gasteiger partial charge in [0.25, 0.3) is 5.91 Å². The molecule has 0 fully saturated rings. The fourth-order valence-electron chi connectivity index (χ4n) is 2.44. The van der Waals surface area contributed by atoms with Gasteiger partial charge in [0.05, 0.1) is 27.2 Å². The summed E-state index contributed by atoms with van der Waals surface area (Å²) in [7, 11) is 0. The number of thioether (sulfide) groups is 1. The maximum absolute atomic E-state index is 13.1. The Labute approximate surface area is 169 Å². The van der Waals surface area contributed by atoms with Crippen LogP contribution in [0.2, 0.25) is 5.02 Å². The number of fused-ring (bicyclic) bond motifs is 1. The van der Waals surface area contributed by atoms with Crippen molar-refractivity contribution in [3.05, 3.63) is 52.8 Å². The highest BCUT2D eigenvalue weighted by Gasteiger charge is 2.25. The van der Waals surface area contributed by atoms with Gasteiger partial charge in [-0.15, -0.1) is 11.8 Å². The van der Waals surface area contributed by atoms with Gasteiger partial charge >= 0.3 is 5.97 Å². The molecule has 2 atom stereocenters. The minimum atomic E-state index is -1.12. The second-order valence-corrected chi connectivity index (χ2v) is 7.91. The van der Waals surface area contributed by atoms with Crippen LogP contribution in [-0.2, 0) is 14.3 Å². The van der Waals surface area contributed by atoms with Crippen LogP contribution in [0.15, 0.2) is 41.3 Å². The van der Waals surface area contributed by atoms with Crippen molar-refractivity contribution < 1.29 is 23.5 Å². The van der Waals surface area contributed by atoms with Gasteiger partial charge in [-0.05, 0) is 50.2 Å². The Morgan fingerprint density at radius 3 is 2.75 bits per heavy atom. The lowest BCUT2D eigenvalue weighted by molar-refractivity contribution is -0.123. The van der Waals surface area contributed by atoms with E-state index in [1.165, 1.54) is 30.8 Å². The van der Waals surface area contributed by atoms with E-state index in [4.69, 9.17) is 16.3 Å². The van der Waals surface area contributed by atoms with E-state index >= 15 is 0 Å². The minimum absolute atomic E-state index is 0.0315. The molecule has 3 rings (SSSR count). The zero-order valence-corrected chi connectivity index (χ0v) is 16.5. The quantitative estimate of drug-likeness (QED) is 0.725. The van der Waals surface area contributed by atoms with Gasteiger partial charge in [-0.3, -0.25) is 9.59 Å².